The monoisotopic (exact) mass is 394 g/mol. The number of carbonyl (C=O) groups is 1. The van der Waals surface area contributed by atoms with E-state index in [4.69, 9.17) is 5.11 Å². The summed E-state index contributed by atoms with van der Waals surface area (Å²) >= 11 is 0. The van der Waals surface area contributed by atoms with Crippen LogP contribution in [0.15, 0.2) is 36.4 Å². The Morgan fingerprint density at radius 1 is 1.18 bits per heavy atom. The molecule has 1 aromatic carbocycles. The molecule has 1 aliphatic heterocycles. The largest absolute Gasteiger partial charge is 0.478 e. The van der Waals surface area contributed by atoms with Gasteiger partial charge in [-0.3, -0.25) is 0 Å². The van der Waals surface area contributed by atoms with Crippen molar-refractivity contribution in [2.45, 2.75) is 37.9 Å². The van der Waals surface area contributed by atoms with Gasteiger partial charge in [0.15, 0.2) is 0 Å². The van der Waals surface area contributed by atoms with Gasteiger partial charge in [-0.25, -0.2) is 9.78 Å². The molecule has 2 N–H and O–H groups in total. The van der Waals surface area contributed by atoms with Crippen molar-refractivity contribution in [3.8, 4) is 0 Å². The number of rotatable bonds is 4. The minimum Gasteiger partial charge on any atom is -0.478 e. The number of benzene rings is 1. The number of anilines is 1. The molecule has 2 atom stereocenters. The van der Waals surface area contributed by atoms with Crippen molar-refractivity contribution in [2.24, 2.45) is 0 Å². The molecule has 5 nitrogen and oxygen atoms in total. The van der Waals surface area contributed by atoms with Gasteiger partial charge in [0, 0.05) is 12.5 Å². The molecule has 1 aromatic heterocycles. The number of piperidine rings is 1. The zero-order valence-corrected chi connectivity index (χ0v) is 15.3. The first-order chi connectivity index (χ1) is 13.2. The van der Waals surface area contributed by atoms with Crippen molar-refractivity contribution in [1.82, 2.24) is 4.98 Å². The summed E-state index contributed by atoms with van der Waals surface area (Å²) in [5.41, 5.74) is 0.603. The van der Waals surface area contributed by atoms with Crippen LogP contribution in [0.3, 0.4) is 0 Å². The van der Waals surface area contributed by atoms with Gasteiger partial charge in [0.25, 0.3) is 0 Å². The van der Waals surface area contributed by atoms with Gasteiger partial charge in [0.1, 0.15) is 5.82 Å². The molecular formula is C20H21F3N2O3. The number of alkyl halides is 3. The first-order valence-electron chi connectivity index (χ1n) is 8.96. The summed E-state index contributed by atoms with van der Waals surface area (Å²) in [7, 11) is 0. The van der Waals surface area contributed by atoms with E-state index in [1.54, 1.807) is 13.0 Å². The minimum atomic E-state index is -4.37. The molecule has 1 unspecified atom stereocenters. The van der Waals surface area contributed by atoms with Crippen molar-refractivity contribution in [2.75, 3.05) is 18.1 Å². The Bertz CT molecular complexity index is 853. The number of halogens is 3. The van der Waals surface area contributed by atoms with E-state index < -0.39 is 17.7 Å². The molecule has 3 rings (SSSR count). The molecule has 2 heterocycles. The van der Waals surface area contributed by atoms with Crippen molar-refractivity contribution in [1.29, 1.82) is 0 Å². The molecule has 0 radical (unpaired) electrons. The Kier molecular flexibility index (Phi) is 5.60. The molecule has 0 spiro atoms. The first kappa shape index (κ1) is 20.1. The van der Waals surface area contributed by atoms with Crippen LogP contribution in [-0.2, 0) is 6.18 Å². The number of aliphatic hydroxyl groups is 1. The standard InChI is InChI=1S/C20H21F3N2O3/c1-12-17(19(27)28)8-9-18(24-12)25-10-14(4-7-16(25)11-26)13-2-5-15(6-3-13)20(21,22)23/h2-3,5-6,8-9,14,16,26H,4,7,10-11H2,1H3,(H,27,28)/t14?,16-/m0/s1. The minimum absolute atomic E-state index is 0.00802. The van der Waals surface area contributed by atoms with Crippen LogP contribution in [-0.4, -0.2) is 40.4 Å². The maximum Gasteiger partial charge on any atom is 0.416 e. The number of aliphatic hydroxyl groups excluding tert-OH is 1. The second-order valence-corrected chi connectivity index (χ2v) is 6.99. The predicted molar refractivity (Wildman–Crippen MR) is 97.6 cm³/mol. The van der Waals surface area contributed by atoms with Gasteiger partial charge in [0.05, 0.1) is 29.5 Å². The maximum atomic E-state index is 12.8. The summed E-state index contributed by atoms with van der Waals surface area (Å²) in [4.78, 5) is 17.5. The van der Waals surface area contributed by atoms with E-state index in [2.05, 4.69) is 4.98 Å². The Balaban J connectivity index is 1.85. The van der Waals surface area contributed by atoms with E-state index in [-0.39, 0.29) is 24.1 Å². The van der Waals surface area contributed by atoms with E-state index >= 15 is 0 Å². The predicted octanol–water partition coefficient (Wildman–Crippen LogP) is 3.85. The molecular weight excluding hydrogens is 373 g/mol. The van der Waals surface area contributed by atoms with Gasteiger partial charge < -0.3 is 15.1 Å². The highest BCUT2D eigenvalue weighted by atomic mass is 19.4. The van der Waals surface area contributed by atoms with Crippen LogP contribution in [0.4, 0.5) is 19.0 Å². The molecule has 2 aromatic rings. The van der Waals surface area contributed by atoms with Gasteiger partial charge in [0.2, 0.25) is 0 Å². The molecule has 150 valence electrons. The van der Waals surface area contributed by atoms with Gasteiger partial charge in [-0.2, -0.15) is 13.2 Å². The van der Waals surface area contributed by atoms with Gasteiger partial charge in [-0.15, -0.1) is 0 Å². The number of nitrogens with zero attached hydrogens (tertiary/aromatic N) is 2. The van der Waals surface area contributed by atoms with Crippen molar-refractivity contribution in [3.05, 3.63) is 58.8 Å². The second kappa shape index (κ2) is 7.79. The number of aromatic carboxylic acids is 1. The lowest BCUT2D eigenvalue weighted by Crippen LogP contribution is -2.45. The van der Waals surface area contributed by atoms with E-state index in [1.165, 1.54) is 18.2 Å². The normalized spacial score (nSPS) is 20.2. The number of aromatic nitrogens is 1. The van der Waals surface area contributed by atoms with E-state index in [1.807, 2.05) is 4.90 Å². The van der Waals surface area contributed by atoms with Gasteiger partial charge >= 0.3 is 12.1 Å². The quantitative estimate of drug-likeness (QED) is 0.824. The van der Waals surface area contributed by atoms with E-state index in [0.717, 1.165) is 24.1 Å². The van der Waals surface area contributed by atoms with Crippen LogP contribution in [0.25, 0.3) is 0 Å². The van der Waals surface area contributed by atoms with Crippen LogP contribution in [0.5, 0.6) is 0 Å². The number of carboxylic acids is 1. The summed E-state index contributed by atoms with van der Waals surface area (Å²) in [6.07, 6.45) is -2.98. The summed E-state index contributed by atoms with van der Waals surface area (Å²) in [6.45, 7) is 2.01. The highest BCUT2D eigenvalue weighted by Crippen LogP contribution is 2.35. The fourth-order valence-electron chi connectivity index (χ4n) is 3.65. The molecule has 1 fully saturated rings. The number of aryl methyl sites for hydroxylation is 1. The lowest BCUT2D eigenvalue weighted by atomic mass is 9.87. The Morgan fingerprint density at radius 2 is 1.86 bits per heavy atom. The number of hydrogen-bond acceptors (Lipinski definition) is 4. The molecule has 8 heteroatoms. The van der Waals surface area contributed by atoms with Crippen LogP contribution >= 0.6 is 0 Å². The average molecular weight is 394 g/mol. The maximum absolute atomic E-state index is 12.8. The topological polar surface area (TPSA) is 73.7 Å². The molecule has 1 saturated heterocycles. The fraction of sp³-hybridized carbons (Fsp3) is 0.400. The van der Waals surface area contributed by atoms with E-state index in [0.29, 0.717) is 24.5 Å². The van der Waals surface area contributed by atoms with Gasteiger partial charge in [-0.1, -0.05) is 12.1 Å². The molecule has 1 aliphatic rings. The third kappa shape index (κ3) is 4.11. The second-order valence-electron chi connectivity index (χ2n) is 6.99. The zero-order chi connectivity index (χ0) is 20.5. The van der Waals surface area contributed by atoms with Crippen molar-refractivity contribution in [3.63, 3.8) is 0 Å². The Morgan fingerprint density at radius 3 is 2.39 bits per heavy atom. The molecule has 28 heavy (non-hydrogen) atoms. The third-order valence-corrected chi connectivity index (χ3v) is 5.22. The van der Waals surface area contributed by atoms with Crippen LogP contribution in [0.1, 0.15) is 45.9 Å². The molecule has 0 amide bonds. The Hall–Kier alpha value is -2.61. The highest BCUT2D eigenvalue weighted by molar-refractivity contribution is 5.89. The SMILES string of the molecule is Cc1nc(N2CC(c3ccc(C(F)(F)F)cc3)CC[C@H]2CO)ccc1C(=O)O. The summed E-state index contributed by atoms with van der Waals surface area (Å²) in [5.74, 6) is -0.513. The summed E-state index contributed by atoms with van der Waals surface area (Å²) < 4.78 is 38.4. The van der Waals surface area contributed by atoms with Crippen LogP contribution < -0.4 is 4.90 Å². The smallest absolute Gasteiger partial charge is 0.416 e. The molecule has 0 bridgehead atoms. The summed E-state index contributed by atoms with van der Waals surface area (Å²) in [6, 6.07) is 8.08. The van der Waals surface area contributed by atoms with E-state index in [9.17, 15) is 23.1 Å². The number of carboxylic acid groups (broad SMARTS) is 1. The van der Waals surface area contributed by atoms with Crippen molar-refractivity contribution >= 4 is 11.8 Å². The number of pyridine rings is 1. The first-order valence-corrected chi connectivity index (χ1v) is 8.96. The summed E-state index contributed by atoms with van der Waals surface area (Å²) in [5, 5.41) is 18.9. The Labute approximate surface area is 160 Å². The number of hydrogen-bond donors (Lipinski definition) is 2. The lowest BCUT2D eigenvalue weighted by Gasteiger charge is -2.40. The molecule has 0 saturated carbocycles. The average Bonchev–Trinajstić information content (AvgIpc) is 2.66. The highest BCUT2D eigenvalue weighted by Gasteiger charge is 2.32. The molecule has 0 aliphatic carbocycles. The van der Waals surface area contributed by atoms with Gasteiger partial charge in [-0.05, 0) is 49.6 Å². The van der Waals surface area contributed by atoms with Crippen molar-refractivity contribution < 1.29 is 28.2 Å². The van der Waals surface area contributed by atoms with Crippen LogP contribution in [0.2, 0.25) is 0 Å². The van der Waals surface area contributed by atoms with Crippen LogP contribution in [0, 0.1) is 6.92 Å². The lowest BCUT2D eigenvalue weighted by molar-refractivity contribution is -0.137. The third-order valence-electron chi connectivity index (χ3n) is 5.22. The zero-order valence-electron chi connectivity index (χ0n) is 15.3. The fourth-order valence-corrected chi connectivity index (χ4v) is 3.65.